The van der Waals surface area contributed by atoms with Crippen molar-refractivity contribution in [1.82, 2.24) is 0 Å². The molecular formula is C11H13ClO2. The SMILES string of the molecule is C=C1C(Cl)=CC=CC1CC(=O)OCC. The van der Waals surface area contributed by atoms with Gasteiger partial charge >= 0.3 is 5.97 Å². The number of carbonyl (C=O) groups is 1. The molecule has 1 rings (SSSR count). The highest BCUT2D eigenvalue weighted by Crippen LogP contribution is 2.29. The zero-order valence-electron chi connectivity index (χ0n) is 8.13. The quantitative estimate of drug-likeness (QED) is 0.673. The van der Waals surface area contributed by atoms with Crippen molar-refractivity contribution >= 4 is 17.6 Å². The Kier molecular flexibility index (Phi) is 3.96. The van der Waals surface area contributed by atoms with Gasteiger partial charge in [0.1, 0.15) is 0 Å². The molecule has 76 valence electrons. The Balaban J connectivity index is 2.55. The van der Waals surface area contributed by atoms with Gasteiger partial charge in [0.05, 0.1) is 13.0 Å². The number of esters is 1. The van der Waals surface area contributed by atoms with Crippen LogP contribution < -0.4 is 0 Å². The predicted octanol–water partition coefficient (Wildman–Crippen LogP) is 2.80. The second-order valence-electron chi connectivity index (χ2n) is 3.04. The lowest BCUT2D eigenvalue weighted by molar-refractivity contribution is -0.143. The number of ether oxygens (including phenoxy) is 1. The normalized spacial score (nSPS) is 20.6. The Morgan fingerprint density at radius 3 is 3.07 bits per heavy atom. The first kappa shape index (κ1) is 11.1. The summed E-state index contributed by atoms with van der Waals surface area (Å²) < 4.78 is 4.85. The fourth-order valence-corrected chi connectivity index (χ4v) is 1.48. The largest absolute Gasteiger partial charge is 0.466 e. The number of allylic oxidation sites excluding steroid dienone is 5. The Labute approximate surface area is 88.9 Å². The molecule has 0 bridgehead atoms. The van der Waals surface area contributed by atoms with Crippen LogP contribution in [-0.2, 0) is 9.53 Å². The summed E-state index contributed by atoms with van der Waals surface area (Å²) in [6.45, 7) is 6.03. The van der Waals surface area contributed by atoms with Gasteiger partial charge in [-0.2, -0.15) is 0 Å². The molecule has 0 aliphatic heterocycles. The predicted molar refractivity (Wildman–Crippen MR) is 57.0 cm³/mol. The van der Waals surface area contributed by atoms with E-state index in [1.54, 1.807) is 13.0 Å². The number of rotatable bonds is 3. The highest BCUT2D eigenvalue weighted by Gasteiger charge is 2.18. The highest BCUT2D eigenvalue weighted by molar-refractivity contribution is 6.32. The smallest absolute Gasteiger partial charge is 0.306 e. The Morgan fingerprint density at radius 2 is 2.43 bits per heavy atom. The molecule has 2 nitrogen and oxygen atoms in total. The first-order valence-electron chi connectivity index (χ1n) is 4.54. The van der Waals surface area contributed by atoms with Crippen LogP contribution in [0.3, 0.4) is 0 Å². The lowest BCUT2D eigenvalue weighted by atomic mass is 9.93. The number of hydrogen-bond acceptors (Lipinski definition) is 2. The van der Waals surface area contributed by atoms with Gasteiger partial charge in [-0.25, -0.2) is 0 Å². The minimum atomic E-state index is -0.213. The molecule has 1 aliphatic carbocycles. The zero-order valence-corrected chi connectivity index (χ0v) is 8.88. The van der Waals surface area contributed by atoms with Gasteiger partial charge in [-0.3, -0.25) is 4.79 Å². The molecule has 0 aromatic heterocycles. The van der Waals surface area contributed by atoms with E-state index < -0.39 is 0 Å². The van der Waals surface area contributed by atoms with Gasteiger partial charge in [0.15, 0.2) is 0 Å². The monoisotopic (exact) mass is 212 g/mol. The maximum absolute atomic E-state index is 11.2. The van der Waals surface area contributed by atoms with E-state index in [9.17, 15) is 4.79 Å². The van der Waals surface area contributed by atoms with Gasteiger partial charge in [0, 0.05) is 11.0 Å². The van der Waals surface area contributed by atoms with Crippen LogP contribution >= 0.6 is 11.6 Å². The molecule has 0 radical (unpaired) electrons. The van der Waals surface area contributed by atoms with Crippen molar-refractivity contribution in [1.29, 1.82) is 0 Å². The van der Waals surface area contributed by atoms with E-state index in [1.165, 1.54) is 0 Å². The van der Waals surface area contributed by atoms with Crippen molar-refractivity contribution in [2.24, 2.45) is 5.92 Å². The van der Waals surface area contributed by atoms with Gasteiger partial charge in [-0.1, -0.05) is 30.3 Å². The van der Waals surface area contributed by atoms with Crippen molar-refractivity contribution < 1.29 is 9.53 Å². The highest BCUT2D eigenvalue weighted by atomic mass is 35.5. The Bertz CT molecular complexity index is 302. The molecule has 0 fully saturated rings. The molecule has 0 N–H and O–H groups in total. The molecule has 1 unspecified atom stereocenters. The molecule has 0 aromatic rings. The molecular weight excluding hydrogens is 200 g/mol. The zero-order chi connectivity index (χ0) is 10.6. The summed E-state index contributed by atoms with van der Waals surface area (Å²) in [4.78, 5) is 11.2. The molecule has 0 saturated heterocycles. The summed E-state index contributed by atoms with van der Waals surface area (Å²) in [6.07, 6.45) is 5.82. The molecule has 0 saturated carbocycles. The van der Waals surface area contributed by atoms with Crippen molar-refractivity contribution in [3.05, 3.63) is 35.4 Å². The standard InChI is InChI=1S/C11H13ClO2/c1-3-14-11(13)7-9-5-4-6-10(12)8(9)2/h4-6,9H,2-3,7H2,1H3. The summed E-state index contributed by atoms with van der Waals surface area (Å²) in [5.74, 6) is -0.235. The topological polar surface area (TPSA) is 26.3 Å². The van der Waals surface area contributed by atoms with Crippen LogP contribution in [0.5, 0.6) is 0 Å². The van der Waals surface area contributed by atoms with Crippen LogP contribution in [0.4, 0.5) is 0 Å². The summed E-state index contributed by atoms with van der Waals surface area (Å²) in [5, 5.41) is 0.613. The molecule has 14 heavy (non-hydrogen) atoms. The minimum Gasteiger partial charge on any atom is -0.466 e. The van der Waals surface area contributed by atoms with Gasteiger partial charge in [0.25, 0.3) is 0 Å². The number of carbonyl (C=O) groups excluding carboxylic acids is 1. The van der Waals surface area contributed by atoms with Crippen LogP contribution in [0.15, 0.2) is 35.4 Å². The maximum Gasteiger partial charge on any atom is 0.306 e. The summed E-state index contributed by atoms with van der Waals surface area (Å²) in [7, 11) is 0. The maximum atomic E-state index is 11.2. The van der Waals surface area contributed by atoms with Gasteiger partial charge in [0.2, 0.25) is 0 Å². The molecule has 3 heteroatoms. The molecule has 0 heterocycles. The summed E-state index contributed by atoms with van der Waals surface area (Å²) in [6, 6.07) is 0. The first-order valence-corrected chi connectivity index (χ1v) is 4.91. The Hall–Kier alpha value is -1.02. The van der Waals surface area contributed by atoms with Gasteiger partial charge in [-0.15, -0.1) is 0 Å². The van der Waals surface area contributed by atoms with Crippen LogP contribution in [0.1, 0.15) is 13.3 Å². The van der Waals surface area contributed by atoms with Crippen LogP contribution in [0, 0.1) is 5.92 Å². The van der Waals surface area contributed by atoms with Gasteiger partial charge < -0.3 is 4.74 Å². The second-order valence-corrected chi connectivity index (χ2v) is 3.45. The van der Waals surface area contributed by atoms with Crippen LogP contribution in [0.25, 0.3) is 0 Å². The average Bonchev–Trinajstić information content (AvgIpc) is 2.13. The Morgan fingerprint density at radius 1 is 1.71 bits per heavy atom. The van der Waals surface area contributed by atoms with Crippen molar-refractivity contribution in [3.63, 3.8) is 0 Å². The molecule has 0 spiro atoms. The third-order valence-electron chi connectivity index (χ3n) is 2.03. The lowest BCUT2D eigenvalue weighted by Crippen LogP contribution is -2.13. The van der Waals surface area contributed by atoms with Crippen LogP contribution in [0.2, 0.25) is 0 Å². The van der Waals surface area contributed by atoms with E-state index in [-0.39, 0.29) is 11.9 Å². The van der Waals surface area contributed by atoms with E-state index in [2.05, 4.69) is 6.58 Å². The number of hydrogen-bond donors (Lipinski definition) is 0. The molecule has 0 amide bonds. The summed E-state index contributed by atoms with van der Waals surface area (Å²) >= 11 is 5.88. The molecule has 0 aromatic carbocycles. The third-order valence-corrected chi connectivity index (χ3v) is 2.40. The molecule has 1 aliphatic rings. The number of halogens is 1. The fraction of sp³-hybridized carbons (Fsp3) is 0.364. The van der Waals surface area contributed by atoms with Crippen molar-refractivity contribution in [2.45, 2.75) is 13.3 Å². The lowest BCUT2D eigenvalue weighted by Gasteiger charge is -2.17. The van der Waals surface area contributed by atoms with E-state index in [0.29, 0.717) is 18.1 Å². The van der Waals surface area contributed by atoms with Crippen LogP contribution in [-0.4, -0.2) is 12.6 Å². The van der Waals surface area contributed by atoms with E-state index >= 15 is 0 Å². The van der Waals surface area contributed by atoms with E-state index in [0.717, 1.165) is 5.57 Å². The average molecular weight is 213 g/mol. The van der Waals surface area contributed by atoms with E-state index in [4.69, 9.17) is 16.3 Å². The minimum absolute atomic E-state index is 0.0217. The second kappa shape index (κ2) is 5.01. The van der Waals surface area contributed by atoms with Gasteiger partial charge in [-0.05, 0) is 18.6 Å². The third kappa shape index (κ3) is 2.74. The molecule has 1 atom stereocenters. The van der Waals surface area contributed by atoms with Crippen molar-refractivity contribution in [2.75, 3.05) is 6.61 Å². The van der Waals surface area contributed by atoms with E-state index in [1.807, 2.05) is 12.2 Å². The first-order chi connectivity index (χ1) is 6.65. The summed E-state index contributed by atoms with van der Waals surface area (Å²) in [5.41, 5.74) is 0.780. The van der Waals surface area contributed by atoms with Crippen molar-refractivity contribution in [3.8, 4) is 0 Å². The fourth-order valence-electron chi connectivity index (χ4n) is 1.27.